The van der Waals surface area contributed by atoms with Crippen LogP contribution < -0.4 is 5.32 Å². The molecule has 1 aliphatic rings. The van der Waals surface area contributed by atoms with E-state index in [0.717, 1.165) is 12.8 Å². The van der Waals surface area contributed by atoms with Crippen molar-refractivity contribution in [2.45, 2.75) is 24.7 Å². The molecule has 0 aliphatic carbocycles. The van der Waals surface area contributed by atoms with Crippen molar-refractivity contribution in [2.24, 2.45) is 5.92 Å². The molecule has 1 heterocycles. The van der Waals surface area contributed by atoms with Gasteiger partial charge in [-0.05, 0) is 43.5 Å². The lowest BCUT2D eigenvalue weighted by Crippen LogP contribution is -2.30. The molecule has 5 nitrogen and oxygen atoms in total. The van der Waals surface area contributed by atoms with Crippen molar-refractivity contribution in [2.75, 3.05) is 18.5 Å². The van der Waals surface area contributed by atoms with Crippen LogP contribution in [-0.2, 0) is 18.6 Å². The molecule has 0 saturated carbocycles. The highest BCUT2D eigenvalue weighted by atomic mass is 35.7. The fourth-order valence-electron chi connectivity index (χ4n) is 2.11. The summed E-state index contributed by atoms with van der Waals surface area (Å²) in [5.41, 5.74) is 1.24. The van der Waals surface area contributed by atoms with E-state index < -0.39 is 9.05 Å². The van der Waals surface area contributed by atoms with Gasteiger partial charge in [-0.1, -0.05) is 0 Å². The van der Waals surface area contributed by atoms with Crippen molar-refractivity contribution >= 4 is 31.3 Å². The zero-order chi connectivity index (χ0) is 14.8. The third-order valence-corrected chi connectivity index (χ3v) is 4.62. The first-order chi connectivity index (χ1) is 9.38. The number of nitrogens with one attached hydrogen (secondary N) is 1. The van der Waals surface area contributed by atoms with Gasteiger partial charge in [0, 0.05) is 23.0 Å². The molecule has 110 valence electrons. The minimum Gasteiger partial charge on any atom is -0.381 e. The molecule has 1 aromatic carbocycles. The summed E-state index contributed by atoms with van der Waals surface area (Å²) in [5, 5.41) is 2.80. The van der Waals surface area contributed by atoms with Crippen LogP contribution in [0.15, 0.2) is 23.1 Å². The average molecular weight is 318 g/mol. The van der Waals surface area contributed by atoms with E-state index in [1.54, 1.807) is 13.0 Å². The van der Waals surface area contributed by atoms with E-state index in [4.69, 9.17) is 15.4 Å². The summed E-state index contributed by atoms with van der Waals surface area (Å²) in [6.07, 6.45) is 1.68. The van der Waals surface area contributed by atoms with E-state index in [1.165, 1.54) is 12.1 Å². The molecule has 7 heteroatoms. The number of amides is 1. The number of rotatable bonds is 3. The predicted molar refractivity (Wildman–Crippen MR) is 76.4 cm³/mol. The van der Waals surface area contributed by atoms with E-state index in [9.17, 15) is 13.2 Å². The summed E-state index contributed by atoms with van der Waals surface area (Å²) in [4.78, 5) is 12.1. The summed E-state index contributed by atoms with van der Waals surface area (Å²) in [6, 6.07) is 4.36. The number of carbonyl (C=O) groups excluding carboxylic acids is 1. The Balaban J connectivity index is 2.11. The van der Waals surface area contributed by atoms with E-state index in [0.29, 0.717) is 24.5 Å². The topological polar surface area (TPSA) is 72.5 Å². The van der Waals surface area contributed by atoms with Gasteiger partial charge < -0.3 is 10.1 Å². The molecule has 1 unspecified atom stereocenters. The summed E-state index contributed by atoms with van der Waals surface area (Å²) in [7, 11) is 1.53. The molecule has 0 radical (unpaired) electrons. The lowest BCUT2D eigenvalue weighted by molar-refractivity contribution is -0.123. The highest BCUT2D eigenvalue weighted by molar-refractivity contribution is 8.13. The highest BCUT2D eigenvalue weighted by Crippen LogP contribution is 2.23. The molecule has 20 heavy (non-hydrogen) atoms. The van der Waals surface area contributed by atoms with Gasteiger partial charge in [-0.2, -0.15) is 0 Å². The molecule has 1 aliphatic heterocycles. The molecule has 0 spiro atoms. The second-order valence-electron chi connectivity index (χ2n) is 4.82. The highest BCUT2D eigenvalue weighted by Gasteiger charge is 2.22. The lowest BCUT2D eigenvalue weighted by Gasteiger charge is -2.21. The Hall–Kier alpha value is -1.11. The predicted octanol–water partition coefficient (Wildman–Crippen LogP) is 2.29. The second kappa shape index (κ2) is 6.11. The van der Waals surface area contributed by atoms with Gasteiger partial charge in [0.1, 0.15) is 0 Å². The maximum Gasteiger partial charge on any atom is 0.261 e. The largest absolute Gasteiger partial charge is 0.381 e. The van der Waals surface area contributed by atoms with Crippen LogP contribution >= 0.6 is 10.7 Å². The number of hydrogen-bond acceptors (Lipinski definition) is 4. The molecule has 1 saturated heterocycles. The minimum atomic E-state index is -3.75. The molecule has 1 N–H and O–H groups in total. The summed E-state index contributed by atoms with van der Waals surface area (Å²) >= 11 is 0. The van der Waals surface area contributed by atoms with Crippen molar-refractivity contribution in [3.05, 3.63) is 23.8 Å². The van der Waals surface area contributed by atoms with E-state index in [1.807, 2.05) is 0 Å². The number of hydrogen-bond donors (Lipinski definition) is 1. The van der Waals surface area contributed by atoms with Gasteiger partial charge in [0.15, 0.2) is 0 Å². The molecule has 0 aromatic heterocycles. The van der Waals surface area contributed by atoms with Crippen molar-refractivity contribution in [1.29, 1.82) is 0 Å². The summed E-state index contributed by atoms with van der Waals surface area (Å²) in [6.45, 7) is 2.85. The summed E-state index contributed by atoms with van der Waals surface area (Å²) in [5.74, 6) is -0.256. The normalized spacial score (nSPS) is 19.6. The Morgan fingerprint density at radius 2 is 2.20 bits per heavy atom. The van der Waals surface area contributed by atoms with Crippen molar-refractivity contribution in [3.63, 3.8) is 0 Å². The number of ether oxygens (including phenoxy) is 1. The first kappa shape index (κ1) is 15.3. The van der Waals surface area contributed by atoms with Crippen LogP contribution in [0.25, 0.3) is 0 Å². The van der Waals surface area contributed by atoms with Crippen LogP contribution in [0, 0.1) is 12.8 Å². The first-order valence-electron chi connectivity index (χ1n) is 6.32. The molecule has 1 atom stereocenters. The molecular weight excluding hydrogens is 302 g/mol. The fourth-order valence-corrected chi connectivity index (χ4v) is 2.95. The van der Waals surface area contributed by atoms with Crippen LogP contribution in [0.4, 0.5) is 5.69 Å². The number of anilines is 1. The van der Waals surface area contributed by atoms with Gasteiger partial charge in [-0.3, -0.25) is 4.79 Å². The van der Waals surface area contributed by atoms with E-state index in [2.05, 4.69) is 5.32 Å². The van der Waals surface area contributed by atoms with Crippen LogP contribution in [0.2, 0.25) is 0 Å². The van der Waals surface area contributed by atoms with Crippen LogP contribution in [0.5, 0.6) is 0 Å². The van der Waals surface area contributed by atoms with Gasteiger partial charge in [-0.15, -0.1) is 0 Å². The third-order valence-electron chi connectivity index (χ3n) is 3.27. The number of carbonyl (C=O) groups is 1. The smallest absolute Gasteiger partial charge is 0.261 e. The van der Waals surface area contributed by atoms with Crippen molar-refractivity contribution in [1.82, 2.24) is 0 Å². The molecular formula is C13H16ClNO4S. The third kappa shape index (κ3) is 3.71. The molecule has 1 aromatic rings. The summed E-state index contributed by atoms with van der Waals surface area (Å²) < 4.78 is 27.7. The average Bonchev–Trinajstić information content (AvgIpc) is 2.41. The maximum absolute atomic E-state index is 12.1. The van der Waals surface area contributed by atoms with Gasteiger partial charge in [-0.25, -0.2) is 8.42 Å². The van der Waals surface area contributed by atoms with Gasteiger partial charge in [0.05, 0.1) is 17.4 Å². The first-order valence-corrected chi connectivity index (χ1v) is 8.63. The maximum atomic E-state index is 12.1. The molecule has 0 bridgehead atoms. The Morgan fingerprint density at radius 3 is 2.75 bits per heavy atom. The standard InChI is InChI=1S/C13H16ClNO4S/c1-9-7-11(20(14,17)18)4-5-12(9)15-13(16)10-3-2-6-19-8-10/h4-5,7,10H,2-3,6,8H2,1H3,(H,15,16). The van der Waals surface area contributed by atoms with Crippen molar-refractivity contribution < 1.29 is 17.9 Å². The van der Waals surface area contributed by atoms with Gasteiger partial charge >= 0.3 is 0 Å². The SMILES string of the molecule is Cc1cc(S(=O)(=O)Cl)ccc1NC(=O)C1CCCOC1. The molecule has 2 rings (SSSR count). The van der Waals surface area contributed by atoms with Crippen LogP contribution in [-0.4, -0.2) is 27.5 Å². The lowest BCUT2D eigenvalue weighted by atomic mass is 10.0. The fraction of sp³-hybridized carbons (Fsp3) is 0.462. The Labute approximate surface area is 122 Å². The molecule has 1 amide bonds. The Morgan fingerprint density at radius 1 is 1.45 bits per heavy atom. The van der Waals surface area contributed by atoms with Gasteiger partial charge in [0.25, 0.3) is 9.05 Å². The second-order valence-corrected chi connectivity index (χ2v) is 7.38. The number of benzene rings is 1. The Bertz CT molecular complexity index is 609. The van der Waals surface area contributed by atoms with Gasteiger partial charge in [0.2, 0.25) is 5.91 Å². The van der Waals surface area contributed by atoms with Crippen molar-refractivity contribution in [3.8, 4) is 0 Å². The zero-order valence-electron chi connectivity index (χ0n) is 11.1. The van der Waals surface area contributed by atoms with Crippen LogP contribution in [0.3, 0.4) is 0 Å². The van der Waals surface area contributed by atoms with E-state index >= 15 is 0 Å². The number of aryl methyl sites for hydroxylation is 1. The molecule has 1 fully saturated rings. The number of halogens is 1. The Kier molecular flexibility index (Phi) is 4.67. The van der Waals surface area contributed by atoms with E-state index in [-0.39, 0.29) is 16.7 Å². The monoisotopic (exact) mass is 317 g/mol. The van der Waals surface area contributed by atoms with Crippen LogP contribution in [0.1, 0.15) is 18.4 Å². The quantitative estimate of drug-likeness (QED) is 0.868. The zero-order valence-corrected chi connectivity index (χ0v) is 12.6. The minimum absolute atomic E-state index is 0.0238.